The van der Waals surface area contributed by atoms with Crippen molar-refractivity contribution in [3.63, 3.8) is 0 Å². The lowest BCUT2D eigenvalue weighted by Crippen LogP contribution is -2.30. The molecule has 0 fully saturated rings. The van der Waals surface area contributed by atoms with Crippen LogP contribution < -0.4 is 10.5 Å². The van der Waals surface area contributed by atoms with E-state index >= 15 is 0 Å². The summed E-state index contributed by atoms with van der Waals surface area (Å²) in [4.78, 5) is 23.8. The number of ether oxygens (including phenoxy) is 1. The molecule has 1 atom stereocenters. The monoisotopic (exact) mass is 362 g/mol. The number of rotatable bonds is 6. The molecule has 0 aliphatic heterocycles. The maximum atomic E-state index is 12.1. The summed E-state index contributed by atoms with van der Waals surface area (Å²) in [6.45, 7) is 1.46. The molecule has 0 aromatic heterocycles. The minimum absolute atomic E-state index is 0.0622. The van der Waals surface area contributed by atoms with E-state index in [2.05, 4.69) is 5.32 Å². The molecular formula is C17H18N2O5S. The van der Waals surface area contributed by atoms with Crippen molar-refractivity contribution in [1.82, 2.24) is 0 Å². The number of anilines is 1. The lowest BCUT2D eigenvalue weighted by molar-refractivity contribution is -0.152. The van der Waals surface area contributed by atoms with Crippen LogP contribution in [0.5, 0.6) is 0 Å². The third-order valence-electron chi connectivity index (χ3n) is 3.32. The third kappa shape index (κ3) is 5.70. The molecule has 3 N–H and O–H groups in total. The van der Waals surface area contributed by atoms with Gasteiger partial charge in [-0.3, -0.25) is 9.59 Å². The number of carbonyl (C=O) groups excluding carboxylic acids is 2. The van der Waals surface area contributed by atoms with E-state index in [1.807, 2.05) is 18.2 Å². The van der Waals surface area contributed by atoms with E-state index in [0.29, 0.717) is 5.69 Å². The zero-order valence-corrected chi connectivity index (χ0v) is 14.3. The molecule has 8 heteroatoms. The van der Waals surface area contributed by atoms with Gasteiger partial charge in [0.1, 0.15) is 0 Å². The van der Waals surface area contributed by atoms with Crippen molar-refractivity contribution in [2.75, 3.05) is 5.32 Å². The molecule has 1 amide bonds. The van der Waals surface area contributed by atoms with E-state index in [1.54, 1.807) is 12.1 Å². The highest BCUT2D eigenvalue weighted by Gasteiger charge is 2.18. The summed E-state index contributed by atoms with van der Waals surface area (Å²) in [7, 11) is -3.79. The van der Waals surface area contributed by atoms with Gasteiger partial charge in [0.05, 0.1) is 11.3 Å². The Morgan fingerprint density at radius 2 is 1.68 bits per heavy atom. The minimum atomic E-state index is -3.79. The Bertz CT molecular complexity index is 848. The topological polar surface area (TPSA) is 116 Å². The van der Waals surface area contributed by atoms with Gasteiger partial charge in [-0.1, -0.05) is 30.3 Å². The zero-order chi connectivity index (χ0) is 18.4. The summed E-state index contributed by atoms with van der Waals surface area (Å²) in [6, 6.07) is 14.4. The molecule has 0 bridgehead atoms. The molecule has 0 saturated heterocycles. The number of hydrogen-bond acceptors (Lipinski definition) is 5. The Balaban J connectivity index is 1.90. The Morgan fingerprint density at radius 3 is 2.24 bits per heavy atom. The SMILES string of the molecule is C[C@@H](OC(=O)Cc1ccccc1)C(=O)Nc1ccc(S(N)(=O)=O)cc1. The minimum Gasteiger partial charge on any atom is -0.452 e. The van der Waals surface area contributed by atoms with Crippen LogP contribution in [0.15, 0.2) is 59.5 Å². The van der Waals surface area contributed by atoms with E-state index in [4.69, 9.17) is 9.88 Å². The van der Waals surface area contributed by atoms with Gasteiger partial charge in [0.15, 0.2) is 6.10 Å². The van der Waals surface area contributed by atoms with E-state index < -0.39 is 28.0 Å². The van der Waals surface area contributed by atoms with Crippen LogP contribution in [0.25, 0.3) is 0 Å². The summed E-state index contributed by atoms with van der Waals surface area (Å²) >= 11 is 0. The highest BCUT2D eigenvalue weighted by atomic mass is 32.2. The number of benzene rings is 2. The Kier molecular flexibility index (Phi) is 5.89. The molecule has 2 aromatic rings. The van der Waals surface area contributed by atoms with Crippen LogP contribution in [0.4, 0.5) is 5.69 Å². The van der Waals surface area contributed by atoms with Crippen LogP contribution in [0.1, 0.15) is 12.5 Å². The summed E-state index contributed by atoms with van der Waals surface area (Å²) in [6.07, 6.45) is -0.921. The lowest BCUT2D eigenvalue weighted by atomic mass is 10.1. The fourth-order valence-corrected chi connectivity index (χ4v) is 2.54. The van der Waals surface area contributed by atoms with Crippen LogP contribution in [-0.2, 0) is 30.8 Å². The molecule has 0 saturated carbocycles. The quantitative estimate of drug-likeness (QED) is 0.755. The molecule has 0 aliphatic carbocycles. The van der Waals surface area contributed by atoms with Gasteiger partial charge in [0, 0.05) is 5.69 Å². The number of esters is 1. The van der Waals surface area contributed by atoms with Crippen LogP contribution in [0.3, 0.4) is 0 Å². The van der Waals surface area contributed by atoms with Crippen molar-refractivity contribution in [3.05, 3.63) is 60.2 Å². The first-order valence-corrected chi connectivity index (χ1v) is 8.97. The van der Waals surface area contributed by atoms with Gasteiger partial charge in [0.25, 0.3) is 5.91 Å². The molecule has 0 heterocycles. The van der Waals surface area contributed by atoms with Gasteiger partial charge >= 0.3 is 5.97 Å². The number of hydrogen-bond donors (Lipinski definition) is 2. The van der Waals surface area contributed by atoms with Crippen LogP contribution in [0, 0.1) is 0 Å². The van der Waals surface area contributed by atoms with Gasteiger partial charge in [-0.25, -0.2) is 13.6 Å². The number of nitrogens with two attached hydrogens (primary N) is 1. The second kappa shape index (κ2) is 7.91. The molecule has 0 spiro atoms. The molecule has 0 aliphatic rings. The lowest BCUT2D eigenvalue weighted by Gasteiger charge is -2.13. The second-order valence-electron chi connectivity index (χ2n) is 5.35. The van der Waals surface area contributed by atoms with Crippen molar-refractivity contribution >= 4 is 27.6 Å². The maximum absolute atomic E-state index is 12.1. The molecule has 2 rings (SSSR count). The molecule has 2 aromatic carbocycles. The molecular weight excluding hydrogens is 344 g/mol. The van der Waals surface area contributed by atoms with Gasteiger partial charge < -0.3 is 10.1 Å². The molecule has 132 valence electrons. The van der Waals surface area contributed by atoms with Crippen molar-refractivity contribution < 1.29 is 22.7 Å². The van der Waals surface area contributed by atoms with Crippen LogP contribution >= 0.6 is 0 Å². The van der Waals surface area contributed by atoms with Crippen molar-refractivity contribution in [3.8, 4) is 0 Å². The summed E-state index contributed by atoms with van der Waals surface area (Å²) < 4.78 is 27.5. The first-order chi connectivity index (χ1) is 11.8. The standard InChI is InChI=1S/C17H18N2O5S/c1-12(24-16(20)11-13-5-3-2-4-6-13)17(21)19-14-7-9-15(10-8-14)25(18,22)23/h2-10,12H,11H2,1H3,(H,19,21)(H2,18,22,23)/t12-/m1/s1. The maximum Gasteiger partial charge on any atom is 0.311 e. The van der Waals surface area contributed by atoms with Crippen molar-refractivity contribution in [2.24, 2.45) is 5.14 Å². The number of primary sulfonamides is 1. The Morgan fingerprint density at radius 1 is 1.08 bits per heavy atom. The number of nitrogens with one attached hydrogen (secondary N) is 1. The fourth-order valence-electron chi connectivity index (χ4n) is 2.03. The average molecular weight is 362 g/mol. The van der Waals surface area contributed by atoms with E-state index in [-0.39, 0.29) is 11.3 Å². The largest absolute Gasteiger partial charge is 0.452 e. The zero-order valence-electron chi connectivity index (χ0n) is 13.5. The molecule has 0 radical (unpaired) electrons. The van der Waals surface area contributed by atoms with Crippen molar-refractivity contribution in [1.29, 1.82) is 0 Å². The average Bonchev–Trinajstić information content (AvgIpc) is 2.55. The van der Waals surface area contributed by atoms with Crippen molar-refractivity contribution in [2.45, 2.75) is 24.3 Å². The van der Waals surface area contributed by atoms with Gasteiger partial charge in [-0.05, 0) is 36.8 Å². The van der Waals surface area contributed by atoms with Gasteiger partial charge in [-0.15, -0.1) is 0 Å². The fraction of sp³-hybridized carbons (Fsp3) is 0.176. The Hall–Kier alpha value is -2.71. The predicted molar refractivity (Wildman–Crippen MR) is 92.1 cm³/mol. The predicted octanol–water partition coefficient (Wildman–Crippen LogP) is 1.45. The first kappa shape index (κ1) is 18.6. The first-order valence-electron chi connectivity index (χ1n) is 7.43. The van der Waals surface area contributed by atoms with E-state index in [9.17, 15) is 18.0 Å². The third-order valence-corrected chi connectivity index (χ3v) is 4.25. The number of amides is 1. The number of sulfonamides is 1. The van der Waals surface area contributed by atoms with Crippen LogP contribution in [0.2, 0.25) is 0 Å². The smallest absolute Gasteiger partial charge is 0.311 e. The van der Waals surface area contributed by atoms with E-state index in [1.165, 1.54) is 31.2 Å². The normalized spacial score (nSPS) is 12.2. The summed E-state index contributed by atoms with van der Waals surface area (Å²) in [5.41, 5.74) is 1.15. The van der Waals surface area contributed by atoms with Crippen LogP contribution in [-0.4, -0.2) is 26.4 Å². The molecule has 25 heavy (non-hydrogen) atoms. The van der Waals surface area contributed by atoms with Gasteiger partial charge in [0.2, 0.25) is 10.0 Å². The Labute approximate surface area is 145 Å². The second-order valence-corrected chi connectivity index (χ2v) is 6.91. The molecule has 0 unspecified atom stereocenters. The van der Waals surface area contributed by atoms with E-state index in [0.717, 1.165) is 5.56 Å². The number of carbonyl (C=O) groups is 2. The molecule has 7 nitrogen and oxygen atoms in total. The summed E-state index contributed by atoms with van der Waals surface area (Å²) in [5, 5.41) is 7.54. The summed E-state index contributed by atoms with van der Waals surface area (Å²) in [5.74, 6) is -1.04. The highest BCUT2D eigenvalue weighted by molar-refractivity contribution is 7.89. The highest BCUT2D eigenvalue weighted by Crippen LogP contribution is 2.13. The van der Waals surface area contributed by atoms with Gasteiger partial charge in [-0.2, -0.15) is 0 Å².